The molecule has 1 aromatic heterocycles. The molecule has 1 heterocycles. The van der Waals surface area contributed by atoms with E-state index in [1.165, 1.54) is 0 Å². The Balaban J connectivity index is 2.70. The number of rotatable bonds is 8. The maximum atomic E-state index is 13.2. The van der Waals surface area contributed by atoms with Crippen molar-refractivity contribution in [1.29, 1.82) is 0 Å². The molecule has 0 spiro atoms. The summed E-state index contributed by atoms with van der Waals surface area (Å²) in [6.07, 6.45) is 0.696. The molecule has 0 saturated heterocycles. The van der Waals surface area contributed by atoms with Crippen molar-refractivity contribution in [3.8, 4) is 0 Å². The number of aryl methyl sites for hydroxylation is 2. The zero-order chi connectivity index (χ0) is 22.5. The molecule has 0 bridgehead atoms. The quantitative estimate of drug-likeness (QED) is 0.510. The Bertz CT molecular complexity index is 910. The molecule has 0 fully saturated rings. The fraction of sp³-hybridized carbons (Fsp3) is 0.435. The van der Waals surface area contributed by atoms with Gasteiger partial charge in [0, 0.05) is 11.3 Å². The van der Waals surface area contributed by atoms with Crippen LogP contribution in [-0.4, -0.2) is 36.0 Å². The molecule has 0 atom stereocenters. The summed E-state index contributed by atoms with van der Waals surface area (Å²) in [5.74, 6) is -2.37. The third kappa shape index (κ3) is 4.25. The number of benzene rings is 1. The lowest BCUT2D eigenvalue weighted by molar-refractivity contribution is -0.166. The lowest BCUT2D eigenvalue weighted by Gasteiger charge is -2.30. The SMILES string of the molecule is CCOC(=O)C(NC(=O)c1ccc(C)cc1)(C(=O)OCC)c1[nH]c(C)c(CC)c1C. The largest absolute Gasteiger partial charge is 0.463 e. The van der Waals surface area contributed by atoms with Gasteiger partial charge < -0.3 is 19.8 Å². The molecule has 2 rings (SSSR count). The highest BCUT2D eigenvalue weighted by molar-refractivity contribution is 6.10. The summed E-state index contributed by atoms with van der Waals surface area (Å²) < 4.78 is 10.5. The van der Waals surface area contributed by atoms with Crippen molar-refractivity contribution in [2.24, 2.45) is 0 Å². The van der Waals surface area contributed by atoms with Gasteiger partial charge in [-0.1, -0.05) is 24.6 Å². The number of carbonyl (C=O) groups excluding carboxylic acids is 3. The Morgan fingerprint density at radius 1 is 0.933 bits per heavy atom. The van der Waals surface area contributed by atoms with Crippen molar-refractivity contribution in [3.63, 3.8) is 0 Å². The predicted molar refractivity (Wildman–Crippen MR) is 113 cm³/mol. The van der Waals surface area contributed by atoms with E-state index in [-0.39, 0.29) is 18.9 Å². The molecule has 7 heteroatoms. The van der Waals surface area contributed by atoms with Crippen LogP contribution in [0.4, 0.5) is 0 Å². The number of hydrogen-bond acceptors (Lipinski definition) is 5. The van der Waals surface area contributed by atoms with E-state index < -0.39 is 23.4 Å². The number of aromatic nitrogens is 1. The molecule has 7 nitrogen and oxygen atoms in total. The molecular formula is C23H30N2O5. The fourth-order valence-corrected chi connectivity index (χ4v) is 3.57. The zero-order valence-corrected chi connectivity index (χ0v) is 18.5. The molecule has 0 unspecified atom stereocenters. The maximum absolute atomic E-state index is 13.2. The molecule has 0 saturated carbocycles. The summed E-state index contributed by atoms with van der Waals surface area (Å²) in [5, 5.41) is 2.64. The van der Waals surface area contributed by atoms with Crippen molar-refractivity contribution in [2.45, 2.75) is 53.5 Å². The van der Waals surface area contributed by atoms with Gasteiger partial charge in [0.25, 0.3) is 11.4 Å². The van der Waals surface area contributed by atoms with E-state index >= 15 is 0 Å². The minimum absolute atomic E-state index is 0.0414. The highest BCUT2D eigenvalue weighted by Gasteiger charge is 2.54. The van der Waals surface area contributed by atoms with Gasteiger partial charge in [0.05, 0.1) is 18.9 Å². The fourth-order valence-electron chi connectivity index (χ4n) is 3.57. The summed E-state index contributed by atoms with van der Waals surface area (Å²) in [6.45, 7) is 10.9. The summed E-state index contributed by atoms with van der Waals surface area (Å²) in [7, 11) is 0. The van der Waals surface area contributed by atoms with Crippen LogP contribution in [0.3, 0.4) is 0 Å². The number of aromatic amines is 1. The first-order valence-corrected chi connectivity index (χ1v) is 10.1. The Morgan fingerprint density at radius 2 is 1.47 bits per heavy atom. The van der Waals surface area contributed by atoms with E-state index in [0.717, 1.165) is 16.8 Å². The van der Waals surface area contributed by atoms with E-state index in [1.807, 2.05) is 27.7 Å². The second kappa shape index (κ2) is 9.61. The number of amides is 1. The van der Waals surface area contributed by atoms with Crippen molar-refractivity contribution >= 4 is 17.8 Å². The van der Waals surface area contributed by atoms with E-state index in [9.17, 15) is 14.4 Å². The van der Waals surface area contributed by atoms with Gasteiger partial charge in [-0.2, -0.15) is 0 Å². The third-order valence-corrected chi connectivity index (χ3v) is 5.10. The van der Waals surface area contributed by atoms with E-state index in [1.54, 1.807) is 38.1 Å². The average Bonchev–Trinajstić information content (AvgIpc) is 3.00. The molecule has 1 aromatic carbocycles. The zero-order valence-electron chi connectivity index (χ0n) is 18.5. The van der Waals surface area contributed by atoms with E-state index in [4.69, 9.17) is 9.47 Å². The molecule has 0 radical (unpaired) electrons. The van der Waals surface area contributed by atoms with Crippen LogP contribution in [-0.2, 0) is 31.0 Å². The number of carbonyl (C=O) groups is 3. The van der Waals surface area contributed by atoms with Gasteiger partial charge in [-0.3, -0.25) is 4.79 Å². The molecule has 2 N–H and O–H groups in total. The van der Waals surface area contributed by atoms with Crippen LogP contribution in [0.15, 0.2) is 24.3 Å². The number of H-pyrrole nitrogens is 1. The van der Waals surface area contributed by atoms with Crippen molar-refractivity contribution in [2.75, 3.05) is 13.2 Å². The Hall–Kier alpha value is -3.09. The maximum Gasteiger partial charge on any atom is 0.350 e. The van der Waals surface area contributed by atoms with E-state index in [2.05, 4.69) is 10.3 Å². The van der Waals surface area contributed by atoms with Crippen LogP contribution < -0.4 is 5.32 Å². The highest BCUT2D eigenvalue weighted by Crippen LogP contribution is 2.31. The monoisotopic (exact) mass is 414 g/mol. The topological polar surface area (TPSA) is 97.5 Å². The summed E-state index contributed by atoms with van der Waals surface area (Å²) in [5.41, 5.74) is 1.90. The summed E-state index contributed by atoms with van der Waals surface area (Å²) in [4.78, 5) is 42.6. The summed E-state index contributed by atoms with van der Waals surface area (Å²) >= 11 is 0. The molecule has 0 aliphatic carbocycles. The molecular weight excluding hydrogens is 384 g/mol. The van der Waals surface area contributed by atoms with Crippen molar-refractivity contribution in [1.82, 2.24) is 10.3 Å². The first-order chi connectivity index (χ1) is 14.2. The third-order valence-electron chi connectivity index (χ3n) is 5.10. The lowest BCUT2D eigenvalue weighted by atomic mass is 9.90. The van der Waals surface area contributed by atoms with E-state index in [0.29, 0.717) is 17.5 Å². The van der Waals surface area contributed by atoms with Crippen LogP contribution >= 0.6 is 0 Å². The van der Waals surface area contributed by atoms with Crippen LogP contribution in [0, 0.1) is 20.8 Å². The number of nitrogens with one attached hydrogen (secondary N) is 2. The van der Waals surface area contributed by atoms with Gasteiger partial charge in [-0.25, -0.2) is 9.59 Å². The first-order valence-electron chi connectivity index (χ1n) is 10.1. The minimum Gasteiger partial charge on any atom is -0.463 e. The van der Waals surface area contributed by atoms with Gasteiger partial charge in [-0.15, -0.1) is 0 Å². The number of hydrogen-bond donors (Lipinski definition) is 2. The average molecular weight is 415 g/mol. The molecule has 0 aliphatic rings. The van der Waals surface area contributed by atoms with Crippen LogP contribution in [0.2, 0.25) is 0 Å². The lowest BCUT2D eigenvalue weighted by Crippen LogP contribution is -2.59. The highest BCUT2D eigenvalue weighted by atomic mass is 16.6. The van der Waals surface area contributed by atoms with Crippen LogP contribution in [0.1, 0.15) is 59.2 Å². The Morgan fingerprint density at radius 3 is 1.90 bits per heavy atom. The molecule has 162 valence electrons. The van der Waals surface area contributed by atoms with Gasteiger partial charge in [0.15, 0.2) is 0 Å². The standard InChI is InChI=1S/C23H30N2O5/c1-7-18-15(5)19(24-16(18)6)23(21(27)29-8-2,22(28)30-9-3)25-20(26)17-12-10-14(4)11-13-17/h10-13,24H,7-9H2,1-6H3,(H,25,26). The van der Waals surface area contributed by atoms with Crippen molar-refractivity contribution in [3.05, 3.63) is 57.9 Å². The molecule has 30 heavy (non-hydrogen) atoms. The molecule has 1 amide bonds. The smallest absolute Gasteiger partial charge is 0.350 e. The normalized spacial score (nSPS) is 11.1. The van der Waals surface area contributed by atoms with Gasteiger partial charge in [-0.05, 0) is 64.3 Å². The summed E-state index contributed by atoms with van der Waals surface area (Å²) in [6, 6.07) is 6.83. The van der Waals surface area contributed by atoms with Gasteiger partial charge in [0.1, 0.15) is 0 Å². The molecule has 0 aliphatic heterocycles. The predicted octanol–water partition coefficient (Wildman–Crippen LogP) is 3.25. The van der Waals surface area contributed by atoms with Gasteiger partial charge in [0.2, 0.25) is 0 Å². The van der Waals surface area contributed by atoms with Crippen LogP contribution in [0.5, 0.6) is 0 Å². The Kier molecular flexibility index (Phi) is 7.43. The van der Waals surface area contributed by atoms with Crippen LogP contribution in [0.25, 0.3) is 0 Å². The molecule has 2 aromatic rings. The first kappa shape index (κ1) is 23.2. The van der Waals surface area contributed by atoms with Crippen molar-refractivity contribution < 1.29 is 23.9 Å². The number of ether oxygens (including phenoxy) is 2. The second-order valence-corrected chi connectivity index (χ2v) is 7.09. The second-order valence-electron chi connectivity index (χ2n) is 7.09. The minimum atomic E-state index is -2.14. The van der Waals surface area contributed by atoms with Gasteiger partial charge >= 0.3 is 11.9 Å². The number of esters is 2. The Labute approximate surface area is 177 Å².